The van der Waals surface area contributed by atoms with Gasteiger partial charge < -0.3 is 10.6 Å². The third-order valence-electron chi connectivity index (χ3n) is 3.97. The molecule has 0 aromatic heterocycles. The topological polar surface area (TPSA) is 72.4 Å². The molecular weight excluding hydrogens is 261 g/mol. The summed E-state index contributed by atoms with van der Waals surface area (Å²) in [7, 11) is 0. The molecule has 20 heavy (non-hydrogen) atoms. The van der Waals surface area contributed by atoms with Crippen molar-refractivity contribution < 1.29 is 9.31 Å². The van der Waals surface area contributed by atoms with Crippen LogP contribution in [0.25, 0.3) is 0 Å². The van der Waals surface area contributed by atoms with Crippen molar-refractivity contribution in [3.63, 3.8) is 0 Å². The maximum Gasteiger partial charge on any atom is 0.295 e. The second-order valence-corrected chi connectivity index (χ2v) is 5.24. The van der Waals surface area contributed by atoms with E-state index in [1.165, 1.54) is 12.1 Å². The molecule has 0 bridgehead atoms. The number of hydrogen-bond donors (Lipinski definition) is 1. The van der Waals surface area contributed by atoms with Gasteiger partial charge in [-0.3, -0.25) is 10.1 Å². The van der Waals surface area contributed by atoms with Gasteiger partial charge in [0.05, 0.1) is 11.0 Å². The molecule has 6 heteroatoms. The van der Waals surface area contributed by atoms with Crippen LogP contribution in [-0.4, -0.2) is 23.6 Å². The first-order valence-electron chi connectivity index (χ1n) is 6.99. The highest BCUT2D eigenvalue weighted by atomic mass is 19.1. The van der Waals surface area contributed by atoms with Crippen molar-refractivity contribution >= 4 is 11.4 Å². The highest BCUT2D eigenvalue weighted by Gasteiger charge is 2.28. The van der Waals surface area contributed by atoms with Crippen molar-refractivity contribution in [1.29, 1.82) is 0 Å². The monoisotopic (exact) mass is 281 g/mol. The molecular formula is C14H20FN3O2. The maximum absolute atomic E-state index is 13.2. The molecule has 5 nitrogen and oxygen atoms in total. The number of nitrogens with zero attached hydrogens (tertiary/aromatic N) is 2. The molecule has 110 valence electrons. The van der Waals surface area contributed by atoms with Gasteiger partial charge in [-0.25, -0.2) is 4.39 Å². The number of rotatable bonds is 4. The molecule has 1 aromatic carbocycles. The first-order valence-corrected chi connectivity index (χ1v) is 6.99. The molecule has 2 N–H and O–H groups in total. The van der Waals surface area contributed by atoms with Gasteiger partial charge in [0.25, 0.3) is 5.69 Å². The average Bonchev–Trinajstić information content (AvgIpc) is 2.43. The zero-order valence-corrected chi connectivity index (χ0v) is 11.6. The van der Waals surface area contributed by atoms with Gasteiger partial charge in [-0.05, 0) is 44.7 Å². The van der Waals surface area contributed by atoms with Crippen LogP contribution in [0.2, 0.25) is 0 Å². The van der Waals surface area contributed by atoms with E-state index in [-0.39, 0.29) is 17.8 Å². The van der Waals surface area contributed by atoms with Gasteiger partial charge in [0.1, 0.15) is 11.5 Å². The Morgan fingerprint density at radius 2 is 2.05 bits per heavy atom. The van der Waals surface area contributed by atoms with Crippen LogP contribution in [0, 0.1) is 15.9 Å². The van der Waals surface area contributed by atoms with Gasteiger partial charge in [-0.15, -0.1) is 0 Å². The fourth-order valence-electron chi connectivity index (χ4n) is 2.92. The molecule has 1 aliphatic rings. The summed E-state index contributed by atoms with van der Waals surface area (Å²) in [6.45, 7) is 2.62. The Morgan fingerprint density at radius 3 is 2.60 bits per heavy atom. The SMILES string of the molecule is CCN(c1ccc(F)cc1[N+](=O)[O-])C1CCC(N)CC1. The number of nitro benzene ring substituents is 1. The summed E-state index contributed by atoms with van der Waals surface area (Å²) in [6, 6.07) is 4.24. The van der Waals surface area contributed by atoms with Crippen molar-refractivity contribution in [3.05, 3.63) is 34.1 Å². The van der Waals surface area contributed by atoms with E-state index in [4.69, 9.17) is 5.73 Å². The molecule has 0 saturated heterocycles. The predicted molar refractivity (Wildman–Crippen MR) is 76.3 cm³/mol. The lowest BCUT2D eigenvalue weighted by atomic mass is 9.90. The minimum atomic E-state index is -0.581. The molecule has 0 unspecified atom stereocenters. The third-order valence-corrected chi connectivity index (χ3v) is 3.97. The first kappa shape index (κ1) is 14.7. The molecule has 1 fully saturated rings. The third kappa shape index (κ3) is 3.07. The zero-order valence-electron chi connectivity index (χ0n) is 11.6. The van der Waals surface area contributed by atoms with Crippen molar-refractivity contribution in [1.82, 2.24) is 0 Å². The van der Waals surface area contributed by atoms with Gasteiger partial charge >= 0.3 is 0 Å². The summed E-state index contributed by atoms with van der Waals surface area (Å²) in [6.07, 6.45) is 3.69. The number of nitro groups is 1. The van der Waals surface area contributed by atoms with Crippen LogP contribution >= 0.6 is 0 Å². The van der Waals surface area contributed by atoms with Crippen LogP contribution in [0.5, 0.6) is 0 Å². The van der Waals surface area contributed by atoms with E-state index in [9.17, 15) is 14.5 Å². The van der Waals surface area contributed by atoms with Crippen molar-refractivity contribution in [2.45, 2.75) is 44.7 Å². The van der Waals surface area contributed by atoms with Crippen molar-refractivity contribution in [2.75, 3.05) is 11.4 Å². The fraction of sp³-hybridized carbons (Fsp3) is 0.571. The predicted octanol–water partition coefficient (Wildman–Crippen LogP) is 2.83. The lowest BCUT2D eigenvalue weighted by Gasteiger charge is -2.36. The summed E-state index contributed by atoms with van der Waals surface area (Å²) in [5, 5.41) is 11.1. The molecule has 0 atom stereocenters. The molecule has 1 saturated carbocycles. The second kappa shape index (κ2) is 6.17. The second-order valence-electron chi connectivity index (χ2n) is 5.24. The molecule has 0 heterocycles. The van der Waals surface area contributed by atoms with Gasteiger partial charge in [-0.1, -0.05) is 0 Å². The lowest BCUT2D eigenvalue weighted by molar-refractivity contribution is -0.384. The minimum Gasteiger partial charge on any atom is -0.363 e. The van der Waals surface area contributed by atoms with Gasteiger partial charge in [-0.2, -0.15) is 0 Å². The van der Waals surface area contributed by atoms with Gasteiger partial charge in [0, 0.05) is 18.6 Å². The van der Waals surface area contributed by atoms with Crippen LogP contribution in [-0.2, 0) is 0 Å². The van der Waals surface area contributed by atoms with Gasteiger partial charge in [0.2, 0.25) is 0 Å². The maximum atomic E-state index is 13.2. The summed E-state index contributed by atoms with van der Waals surface area (Å²) >= 11 is 0. The Hall–Kier alpha value is -1.69. The standard InChI is InChI=1S/C14H20FN3O2/c1-2-17(12-6-4-11(16)5-7-12)13-8-3-10(15)9-14(13)18(19)20/h3,8-9,11-12H,2,4-7,16H2,1H3. The molecule has 0 aliphatic heterocycles. The Labute approximate surface area is 117 Å². The molecule has 0 spiro atoms. The van der Waals surface area contributed by atoms with Crippen LogP contribution in [0.4, 0.5) is 15.8 Å². The number of nitrogens with two attached hydrogens (primary N) is 1. The Bertz CT molecular complexity index is 487. The molecule has 1 aliphatic carbocycles. The lowest BCUT2D eigenvalue weighted by Crippen LogP contribution is -2.41. The normalized spacial score (nSPS) is 22.6. The minimum absolute atomic E-state index is 0.165. The number of anilines is 1. The fourth-order valence-corrected chi connectivity index (χ4v) is 2.92. The smallest absolute Gasteiger partial charge is 0.295 e. The number of hydrogen-bond acceptors (Lipinski definition) is 4. The first-order chi connectivity index (χ1) is 9.52. The number of halogens is 1. The van der Waals surface area contributed by atoms with Gasteiger partial charge in [0.15, 0.2) is 0 Å². The zero-order chi connectivity index (χ0) is 14.7. The highest BCUT2D eigenvalue weighted by molar-refractivity contribution is 5.63. The summed E-state index contributed by atoms with van der Waals surface area (Å²) in [5.74, 6) is -0.581. The van der Waals surface area contributed by atoms with Crippen molar-refractivity contribution in [2.24, 2.45) is 5.73 Å². The average molecular weight is 281 g/mol. The van der Waals surface area contributed by atoms with E-state index < -0.39 is 10.7 Å². The van der Waals surface area contributed by atoms with E-state index >= 15 is 0 Å². The molecule has 2 rings (SSSR count). The number of benzene rings is 1. The van der Waals surface area contributed by atoms with E-state index in [1.807, 2.05) is 11.8 Å². The summed E-state index contributed by atoms with van der Waals surface area (Å²) in [5.41, 5.74) is 6.23. The quantitative estimate of drug-likeness (QED) is 0.680. The van der Waals surface area contributed by atoms with E-state index in [0.29, 0.717) is 12.2 Å². The van der Waals surface area contributed by atoms with Crippen LogP contribution in [0.3, 0.4) is 0 Å². The molecule has 1 aromatic rings. The summed E-state index contributed by atoms with van der Waals surface area (Å²) < 4.78 is 13.2. The Balaban J connectivity index is 2.29. The Morgan fingerprint density at radius 1 is 1.40 bits per heavy atom. The summed E-state index contributed by atoms with van der Waals surface area (Å²) in [4.78, 5) is 12.6. The molecule has 0 amide bonds. The Kier molecular flexibility index (Phi) is 4.54. The van der Waals surface area contributed by atoms with Crippen molar-refractivity contribution in [3.8, 4) is 0 Å². The highest BCUT2D eigenvalue weighted by Crippen LogP contribution is 2.33. The van der Waals surface area contributed by atoms with Crippen LogP contribution < -0.4 is 10.6 Å². The van der Waals surface area contributed by atoms with Crippen LogP contribution in [0.1, 0.15) is 32.6 Å². The van der Waals surface area contributed by atoms with E-state index in [0.717, 1.165) is 31.7 Å². The van der Waals surface area contributed by atoms with E-state index in [1.54, 1.807) is 0 Å². The van der Waals surface area contributed by atoms with Crippen LogP contribution in [0.15, 0.2) is 18.2 Å². The van der Waals surface area contributed by atoms with E-state index in [2.05, 4.69) is 0 Å². The molecule has 0 radical (unpaired) electrons. The largest absolute Gasteiger partial charge is 0.363 e.